The molecule has 1 aliphatic carbocycles. The van der Waals surface area contributed by atoms with Crippen LogP contribution >= 0.6 is 0 Å². The lowest BCUT2D eigenvalue weighted by molar-refractivity contribution is -0.117. The van der Waals surface area contributed by atoms with Crippen molar-refractivity contribution in [2.24, 2.45) is 11.7 Å². The Bertz CT molecular complexity index is 1240. The highest BCUT2D eigenvalue weighted by Crippen LogP contribution is 2.39. The number of anilines is 3. The second-order valence-corrected chi connectivity index (χ2v) is 9.04. The number of hydrogen-bond acceptors (Lipinski definition) is 7. The number of ether oxygens (including phenoxy) is 1. The second-order valence-electron chi connectivity index (χ2n) is 9.04. The highest BCUT2D eigenvalue weighted by Gasteiger charge is 2.30. The lowest BCUT2D eigenvalue weighted by Crippen LogP contribution is -2.19. The fraction of sp³-hybridized carbons (Fsp3) is 0.423. The highest BCUT2D eigenvalue weighted by molar-refractivity contribution is 5.99. The van der Waals surface area contributed by atoms with Crippen LogP contribution in [0.1, 0.15) is 68.9 Å². The van der Waals surface area contributed by atoms with Gasteiger partial charge in [0.15, 0.2) is 11.5 Å². The molecule has 0 aliphatic heterocycles. The van der Waals surface area contributed by atoms with Crippen LogP contribution in [0, 0.1) is 5.92 Å². The summed E-state index contributed by atoms with van der Waals surface area (Å²) in [7, 11) is 1.59. The fourth-order valence-corrected chi connectivity index (χ4v) is 4.17. The number of primary amides is 1. The van der Waals surface area contributed by atoms with Crippen molar-refractivity contribution in [2.45, 2.75) is 58.4 Å². The van der Waals surface area contributed by atoms with E-state index in [9.17, 15) is 9.59 Å². The van der Waals surface area contributed by atoms with Gasteiger partial charge < -0.3 is 21.1 Å². The molecule has 1 aliphatic rings. The minimum Gasteiger partial charge on any atom is -0.494 e. The van der Waals surface area contributed by atoms with E-state index >= 15 is 0 Å². The summed E-state index contributed by atoms with van der Waals surface area (Å²) >= 11 is 0. The predicted molar refractivity (Wildman–Crippen MR) is 138 cm³/mol. The van der Waals surface area contributed by atoms with Crippen molar-refractivity contribution in [1.82, 2.24) is 20.0 Å². The van der Waals surface area contributed by atoms with Gasteiger partial charge in [0.2, 0.25) is 5.91 Å². The summed E-state index contributed by atoms with van der Waals surface area (Å²) in [4.78, 5) is 24.2. The van der Waals surface area contributed by atoms with Crippen LogP contribution in [0.25, 0.3) is 11.1 Å². The van der Waals surface area contributed by atoms with Gasteiger partial charge in [-0.15, -0.1) is 10.2 Å². The van der Waals surface area contributed by atoms with Gasteiger partial charge in [-0.05, 0) is 31.7 Å². The average molecular weight is 492 g/mol. The molecule has 0 spiro atoms. The number of para-hydroxylation sites is 1. The molecule has 190 valence electrons. The molecule has 4 N–H and O–H groups in total. The Morgan fingerprint density at radius 2 is 2.03 bits per heavy atom. The monoisotopic (exact) mass is 491 g/mol. The number of methoxy groups -OCH3 is 1. The minimum atomic E-state index is -0.737. The first kappa shape index (κ1) is 25.2. The molecular weight excluding hydrogens is 458 g/mol. The number of rotatable bonds is 12. The van der Waals surface area contributed by atoms with Crippen LogP contribution in [0.5, 0.6) is 5.75 Å². The number of unbranched alkanes of at least 4 members (excludes halogenated alkanes) is 1. The predicted octanol–water partition coefficient (Wildman–Crippen LogP) is 4.68. The number of nitrogens with one attached hydrogen (secondary N) is 2. The molecule has 10 heteroatoms. The second kappa shape index (κ2) is 11.2. The van der Waals surface area contributed by atoms with Gasteiger partial charge in [0.1, 0.15) is 5.75 Å². The number of benzene rings is 1. The Morgan fingerprint density at radius 3 is 2.69 bits per heavy atom. The Kier molecular flexibility index (Phi) is 7.82. The van der Waals surface area contributed by atoms with Crippen molar-refractivity contribution in [2.75, 3.05) is 17.7 Å². The summed E-state index contributed by atoms with van der Waals surface area (Å²) in [5.41, 5.74) is 8.20. The number of amides is 2. The van der Waals surface area contributed by atoms with Crippen molar-refractivity contribution >= 4 is 29.0 Å². The average Bonchev–Trinajstić information content (AvgIpc) is 3.62. The minimum absolute atomic E-state index is 0.00555. The van der Waals surface area contributed by atoms with Gasteiger partial charge >= 0.3 is 0 Å². The van der Waals surface area contributed by atoms with Crippen LogP contribution in [0.2, 0.25) is 0 Å². The number of carbonyl (C=O) groups is 2. The maximum Gasteiger partial charge on any atom is 0.271 e. The lowest BCUT2D eigenvalue weighted by Gasteiger charge is -2.16. The van der Waals surface area contributed by atoms with E-state index in [1.807, 2.05) is 35.3 Å². The molecule has 3 aromatic rings. The van der Waals surface area contributed by atoms with Crippen LogP contribution in [0.4, 0.5) is 17.2 Å². The summed E-state index contributed by atoms with van der Waals surface area (Å²) < 4.78 is 7.80. The normalized spacial score (nSPS) is 13.8. The molecule has 2 amide bonds. The van der Waals surface area contributed by atoms with E-state index in [2.05, 4.69) is 39.8 Å². The van der Waals surface area contributed by atoms with Gasteiger partial charge in [0.25, 0.3) is 5.91 Å². The summed E-state index contributed by atoms with van der Waals surface area (Å²) in [6.07, 6.45) is 9.99. The topological polar surface area (TPSA) is 137 Å². The molecule has 0 bridgehead atoms. The van der Waals surface area contributed by atoms with E-state index in [4.69, 9.17) is 10.5 Å². The molecule has 2 aromatic heterocycles. The maximum absolute atomic E-state index is 12.2. The number of carbonyl (C=O) groups excluding carboxylic acids is 2. The third-order valence-corrected chi connectivity index (χ3v) is 6.36. The maximum atomic E-state index is 12.2. The Morgan fingerprint density at radius 1 is 1.22 bits per heavy atom. The van der Waals surface area contributed by atoms with Crippen LogP contribution < -0.4 is 21.1 Å². The van der Waals surface area contributed by atoms with Crippen LogP contribution in [-0.2, 0) is 4.79 Å². The zero-order valence-electron chi connectivity index (χ0n) is 21.0. The first-order valence-electron chi connectivity index (χ1n) is 12.4. The molecule has 4 rings (SSSR count). The van der Waals surface area contributed by atoms with Gasteiger partial charge in [0.05, 0.1) is 30.7 Å². The van der Waals surface area contributed by atoms with Crippen LogP contribution in [-0.4, -0.2) is 38.9 Å². The fourth-order valence-electron chi connectivity index (χ4n) is 4.17. The number of aromatic nitrogens is 4. The lowest BCUT2D eigenvalue weighted by atomic mass is 10.1. The Hall–Kier alpha value is -3.95. The largest absolute Gasteiger partial charge is 0.494 e. The van der Waals surface area contributed by atoms with Gasteiger partial charge in [-0.25, -0.2) is 0 Å². The molecule has 36 heavy (non-hydrogen) atoms. The van der Waals surface area contributed by atoms with E-state index in [-0.39, 0.29) is 23.3 Å². The summed E-state index contributed by atoms with van der Waals surface area (Å²) in [5.74, 6) is -0.0175. The molecule has 1 atom stereocenters. The first-order valence-corrected chi connectivity index (χ1v) is 12.4. The van der Waals surface area contributed by atoms with E-state index in [0.29, 0.717) is 23.2 Å². The molecule has 1 saturated carbocycles. The zero-order valence-corrected chi connectivity index (χ0v) is 21.0. The molecular formula is C26H33N7O3. The van der Waals surface area contributed by atoms with Crippen LogP contribution in [0.3, 0.4) is 0 Å². The molecule has 1 fully saturated rings. The van der Waals surface area contributed by atoms with E-state index in [1.165, 1.54) is 0 Å². The quantitative estimate of drug-likeness (QED) is 0.334. The highest BCUT2D eigenvalue weighted by atomic mass is 16.5. The standard InChI is InChI=1S/C26H33N7O3/c1-4-6-8-18(5-2)33-15-17(14-28-33)19-9-7-10-20(24(19)36-3)29-21-13-22(30-26(35)16-11-12-16)31-32-23(21)25(27)34/h7,9-10,13-16,18H,4-6,8,11-12H2,1-3H3,(H2,27,34)(H2,29,30,31,35). The molecule has 1 unspecified atom stereocenters. The zero-order chi connectivity index (χ0) is 25.7. The summed E-state index contributed by atoms with van der Waals surface area (Å²) in [6.45, 7) is 4.36. The van der Waals surface area contributed by atoms with Gasteiger partial charge in [0, 0.05) is 29.3 Å². The van der Waals surface area contributed by atoms with Gasteiger partial charge in [-0.2, -0.15) is 5.10 Å². The van der Waals surface area contributed by atoms with Gasteiger partial charge in [-0.1, -0.05) is 38.8 Å². The SMILES string of the molecule is CCCCC(CC)n1cc(-c2cccc(Nc3cc(NC(=O)C4CC4)nnc3C(N)=O)c2OC)cn1. The third-order valence-electron chi connectivity index (χ3n) is 6.36. The first-order chi connectivity index (χ1) is 17.4. The number of hydrogen-bond donors (Lipinski definition) is 3. The van der Waals surface area contributed by atoms with Crippen LogP contribution in [0.15, 0.2) is 36.7 Å². The summed E-state index contributed by atoms with van der Waals surface area (Å²) in [5, 5.41) is 18.5. The molecule has 1 aromatic carbocycles. The molecule has 0 radical (unpaired) electrons. The van der Waals surface area contributed by atoms with Crippen molar-refractivity contribution in [1.29, 1.82) is 0 Å². The Balaban J connectivity index is 1.64. The number of nitrogens with zero attached hydrogens (tertiary/aromatic N) is 4. The Labute approximate surface area is 210 Å². The number of nitrogens with two attached hydrogens (primary N) is 1. The van der Waals surface area contributed by atoms with Crippen molar-refractivity contribution in [3.63, 3.8) is 0 Å². The van der Waals surface area contributed by atoms with E-state index in [1.54, 1.807) is 13.2 Å². The van der Waals surface area contributed by atoms with E-state index in [0.717, 1.165) is 49.7 Å². The van der Waals surface area contributed by atoms with E-state index < -0.39 is 5.91 Å². The van der Waals surface area contributed by atoms with Crippen molar-refractivity contribution in [3.8, 4) is 16.9 Å². The smallest absolute Gasteiger partial charge is 0.271 e. The van der Waals surface area contributed by atoms with Crippen molar-refractivity contribution < 1.29 is 14.3 Å². The van der Waals surface area contributed by atoms with Gasteiger partial charge in [-0.3, -0.25) is 14.3 Å². The molecule has 0 saturated heterocycles. The molecule has 2 heterocycles. The van der Waals surface area contributed by atoms with Crippen molar-refractivity contribution in [3.05, 3.63) is 42.4 Å². The molecule has 10 nitrogen and oxygen atoms in total. The summed E-state index contributed by atoms with van der Waals surface area (Å²) in [6, 6.07) is 7.57. The third kappa shape index (κ3) is 5.64.